The molecule has 0 rings (SSSR count). The second-order valence-corrected chi connectivity index (χ2v) is 11.8. The Hall–Kier alpha value is -0.783. The molecule has 22 heavy (non-hydrogen) atoms. The van der Waals surface area contributed by atoms with Crippen LogP contribution in [0.1, 0.15) is 58.3 Å². The van der Waals surface area contributed by atoms with Gasteiger partial charge in [-0.15, -0.1) is 18.7 Å². The molecule has 0 bridgehead atoms. The fourth-order valence-electron chi connectivity index (χ4n) is 2.20. The van der Waals surface area contributed by atoms with Crippen LogP contribution in [0, 0.1) is 11.5 Å². The van der Waals surface area contributed by atoms with Gasteiger partial charge < -0.3 is 4.74 Å². The van der Waals surface area contributed by atoms with Gasteiger partial charge >= 0.3 is 0 Å². The van der Waals surface area contributed by atoms with E-state index < -0.39 is 8.07 Å². The molecule has 0 N–H and O–H groups in total. The lowest BCUT2D eigenvalue weighted by Gasteiger charge is -2.21. The minimum absolute atomic E-state index is 0.0425. The van der Waals surface area contributed by atoms with Crippen LogP contribution in [0.25, 0.3) is 0 Å². The van der Waals surface area contributed by atoms with Crippen LogP contribution in [0.5, 0.6) is 0 Å². The summed E-state index contributed by atoms with van der Waals surface area (Å²) in [6.07, 6.45) is 13.3. The zero-order chi connectivity index (χ0) is 16.8. The molecule has 0 aromatic rings. The van der Waals surface area contributed by atoms with Crippen molar-refractivity contribution in [2.24, 2.45) is 0 Å². The standard InChI is InChI=1S/C20H36OSi/c1-7-10-12-13-16-19(14-9-3)21-20(15-11-8-2)17-18-22(4,5)6/h8-9,19-20H,2-3,7,10-16H2,1,4-6H3/t19-,20?/m1/s1. The van der Waals surface area contributed by atoms with Crippen LogP contribution in [0.3, 0.4) is 0 Å². The molecule has 0 amide bonds. The number of unbranched alkanes of at least 4 members (excludes halogenated alkanes) is 3. The lowest BCUT2D eigenvalue weighted by molar-refractivity contribution is 0.0106. The maximum absolute atomic E-state index is 6.30. The van der Waals surface area contributed by atoms with E-state index in [1.54, 1.807) is 0 Å². The Morgan fingerprint density at radius 2 is 1.77 bits per heavy atom. The van der Waals surface area contributed by atoms with E-state index in [1.165, 1.54) is 25.7 Å². The van der Waals surface area contributed by atoms with Gasteiger partial charge in [-0.05, 0) is 25.7 Å². The van der Waals surface area contributed by atoms with Crippen molar-refractivity contribution < 1.29 is 4.74 Å². The van der Waals surface area contributed by atoms with Gasteiger partial charge in [0, 0.05) is 0 Å². The van der Waals surface area contributed by atoms with Crippen molar-refractivity contribution in [3.63, 3.8) is 0 Å². The Bertz CT molecular complexity index is 356. The summed E-state index contributed by atoms with van der Waals surface area (Å²) in [6.45, 7) is 16.8. The van der Waals surface area contributed by atoms with Gasteiger partial charge in [0.05, 0.1) is 6.10 Å². The molecule has 0 aliphatic carbocycles. The quantitative estimate of drug-likeness (QED) is 0.182. The highest BCUT2D eigenvalue weighted by molar-refractivity contribution is 6.83. The van der Waals surface area contributed by atoms with Crippen molar-refractivity contribution in [2.75, 3.05) is 0 Å². The average Bonchev–Trinajstić information content (AvgIpc) is 2.45. The molecule has 0 aromatic heterocycles. The summed E-state index contributed by atoms with van der Waals surface area (Å²) < 4.78 is 6.30. The molecule has 0 saturated carbocycles. The predicted octanol–water partition coefficient (Wildman–Crippen LogP) is 6.13. The van der Waals surface area contributed by atoms with Crippen molar-refractivity contribution in [1.29, 1.82) is 0 Å². The van der Waals surface area contributed by atoms with Gasteiger partial charge in [0.2, 0.25) is 0 Å². The molecule has 0 heterocycles. The normalized spacial score (nSPS) is 13.8. The van der Waals surface area contributed by atoms with E-state index >= 15 is 0 Å². The van der Waals surface area contributed by atoms with Crippen molar-refractivity contribution in [2.45, 2.75) is 90.1 Å². The first-order valence-electron chi connectivity index (χ1n) is 8.82. The summed E-state index contributed by atoms with van der Waals surface area (Å²) in [7, 11) is -1.35. The third kappa shape index (κ3) is 12.9. The smallest absolute Gasteiger partial charge is 0.129 e. The molecule has 0 aliphatic heterocycles. The fourth-order valence-corrected chi connectivity index (χ4v) is 2.79. The first-order chi connectivity index (χ1) is 10.4. The van der Waals surface area contributed by atoms with E-state index in [9.17, 15) is 0 Å². The number of hydrogen-bond acceptors (Lipinski definition) is 1. The van der Waals surface area contributed by atoms with Gasteiger partial charge in [-0.25, -0.2) is 0 Å². The van der Waals surface area contributed by atoms with E-state index in [4.69, 9.17) is 4.74 Å². The molecular formula is C20H36OSi. The van der Waals surface area contributed by atoms with Crippen LogP contribution < -0.4 is 0 Å². The Kier molecular flexibility index (Phi) is 12.3. The topological polar surface area (TPSA) is 9.23 Å². The zero-order valence-corrected chi connectivity index (χ0v) is 16.3. The molecular weight excluding hydrogens is 284 g/mol. The monoisotopic (exact) mass is 320 g/mol. The predicted molar refractivity (Wildman–Crippen MR) is 103 cm³/mol. The molecule has 1 unspecified atom stereocenters. The van der Waals surface area contributed by atoms with Gasteiger partial charge in [-0.2, -0.15) is 0 Å². The van der Waals surface area contributed by atoms with Crippen LogP contribution in [0.15, 0.2) is 25.3 Å². The summed E-state index contributed by atoms with van der Waals surface area (Å²) in [5.41, 5.74) is 3.46. The van der Waals surface area contributed by atoms with Crippen molar-refractivity contribution in [3.05, 3.63) is 25.3 Å². The van der Waals surface area contributed by atoms with Gasteiger partial charge in [-0.3, -0.25) is 0 Å². The van der Waals surface area contributed by atoms with Crippen molar-refractivity contribution >= 4 is 8.07 Å². The maximum atomic E-state index is 6.30. The first-order valence-corrected chi connectivity index (χ1v) is 12.3. The highest BCUT2D eigenvalue weighted by Gasteiger charge is 2.15. The Morgan fingerprint density at radius 1 is 1.05 bits per heavy atom. The molecule has 0 radical (unpaired) electrons. The first kappa shape index (κ1) is 21.2. The maximum Gasteiger partial charge on any atom is 0.129 e. The lowest BCUT2D eigenvalue weighted by Crippen LogP contribution is -2.23. The second kappa shape index (κ2) is 12.7. The van der Waals surface area contributed by atoms with Gasteiger partial charge in [0.25, 0.3) is 0 Å². The lowest BCUT2D eigenvalue weighted by atomic mass is 10.1. The summed E-state index contributed by atoms with van der Waals surface area (Å²) in [5.74, 6) is 3.39. The van der Waals surface area contributed by atoms with Crippen molar-refractivity contribution in [3.8, 4) is 11.5 Å². The van der Waals surface area contributed by atoms with Crippen LogP contribution in [-0.2, 0) is 4.74 Å². The third-order valence-corrected chi connectivity index (χ3v) is 4.30. The van der Waals surface area contributed by atoms with E-state index in [0.29, 0.717) is 0 Å². The van der Waals surface area contributed by atoms with E-state index in [0.717, 1.165) is 25.7 Å². The summed E-state index contributed by atoms with van der Waals surface area (Å²) in [6, 6.07) is 0. The van der Waals surface area contributed by atoms with Crippen LogP contribution >= 0.6 is 0 Å². The highest BCUT2D eigenvalue weighted by Crippen LogP contribution is 2.16. The van der Waals surface area contributed by atoms with E-state index in [-0.39, 0.29) is 12.2 Å². The highest BCUT2D eigenvalue weighted by atomic mass is 28.3. The van der Waals surface area contributed by atoms with Crippen LogP contribution in [0.2, 0.25) is 19.6 Å². The minimum atomic E-state index is -1.35. The molecule has 2 heteroatoms. The van der Waals surface area contributed by atoms with Crippen LogP contribution in [0.4, 0.5) is 0 Å². The third-order valence-electron chi connectivity index (χ3n) is 3.41. The van der Waals surface area contributed by atoms with Crippen LogP contribution in [-0.4, -0.2) is 20.3 Å². The summed E-state index contributed by atoms with van der Waals surface area (Å²) in [5, 5.41) is 0. The second-order valence-electron chi connectivity index (χ2n) is 7.01. The molecule has 126 valence electrons. The average molecular weight is 321 g/mol. The number of ether oxygens (including phenoxy) is 1. The molecule has 0 aromatic carbocycles. The minimum Gasteiger partial charge on any atom is -0.362 e. The SMILES string of the molecule is C=CCCC(C#C[Si](C)(C)C)O[C@H](CC=C)CCCCCC. The summed E-state index contributed by atoms with van der Waals surface area (Å²) >= 11 is 0. The van der Waals surface area contributed by atoms with Gasteiger partial charge in [0.1, 0.15) is 14.2 Å². The van der Waals surface area contributed by atoms with E-state index in [1.807, 2.05) is 12.2 Å². The zero-order valence-electron chi connectivity index (χ0n) is 15.3. The Morgan fingerprint density at radius 3 is 2.32 bits per heavy atom. The Labute approximate surface area is 140 Å². The Balaban J connectivity index is 4.60. The number of hydrogen-bond donors (Lipinski definition) is 0. The molecule has 0 saturated heterocycles. The summed E-state index contributed by atoms with van der Waals surface area (Å²) in [4.78, 5) is 0. The fraction of sp³-hybridized carbons (Fsp3) is 0.700. The number of rotatable bonds is 12. The molecule has 2 atom stereocenters. The van der Waals surface area contributed by atoms with Gasteiger partial charge in [-0.1, -0.05) is 70.3 Å². The van der Waals surface area contributed by atoms with Crippen molar-refractivity contribution in [1.82, 2.24) is 0 Å². The molecule has 0 fully saturated rings. The molecule has 0 aliphatic rings. The molecule has 0 spiro atoms. The van der Waals surface area contributed by atoms with E-state index in [2.05, 4.69) is 51.2 Å². The largest absolute Gasteiger partial charge is 0.362 e. The number of allylic oxidation sites excluding steroid dienone is 1. The van der Waals surface area contributed by atoms with Gasteiger partial charge in [0.15, 0.2) is 0 Å². The molecule has 1 nitrogen and oxygen atoms in total.